The Hall–Kier alpha value is -2.82. The van der Waals surface area contributed by atoms with Gasteiger partial charge in [-0.05, 0) is 31.4 Å². The van der Waals surface area contributed by atoms with Gasteiger partial charge in [0.25, 0.3) is 0 Å². The Balaban J connectivity index is 1.45. The van der Waals surface area contributed by atoms with Crippen LogP contribution in [0.5, 0.6) is 11.5 Å². The van der Waals surface area contributed by atoms with Crippen molar-refractivity contribution < 1.29 is 14.3 Å². The Bertz CT molecular complexity index is 797. The van der Waals surface area contributed by atoms with E-state index in [1.807, 2.05) is 53.4 Å². The van der Waals surface area contributed by atoms with E-state index in [-0.39, 0.29) is 11.8 Å². The molecule has 1 saturated heterocycles. The van der Waals surface area contributed by atoms with Crippen LogP contribution in [0.15, 0.2) is 48.5 Å². The number of hydrogen-bond acceptors (Lipinski definition) is 3. The summed E-state index contributed by atoms with van der Waals surface area (Å²) in [6.07, 6.45) is 3.70. The van der Waals surface area contributed by atoms with E-state index in [4.69, 9.17) is 4.74 Å². The third-order valence-corrected chi connectivity index (χ3v) is 5.29. The zero-order chi connectivity index (χ0) is 18.6. The summed E-state index contributed by atoms with van der Waals surface area (Å²) in [6.45, 7) is 2.04. The number of nitrogens with zero attached hydrogens (tertiary/aromatic N) is 1. The second-order valence-corrected chi connectivity index (χ2v) is 7.09. The summed E-state index contributed by atoms with van der Waals surface area (Å²) in [7, 11) is 0. The van der Waals surface area contributed by atoms with Crippen LogP contribution in [-0.4, -0.2) is 36.3 Å². The quantitative estimate of drug-likeness (QED) is 0.904. The van der Waals surface area contributed by atoms with Crippen LogP contribution in [0.25, 0.3) is 0 Å². The van der Waals surface area contributed by atoms with Gasteiger partial charge in [-0.15, -0.1) is 0 Å². The highest BCUT2D eigenvalue weighted by Gasteiger charge is 2.32. The molecule has 2 aliphatic heterocycles. The van der Waals surface area contributed by atoms with Crippen molar-refractivity contribution in [2.45, 2.75) is 31.6 Å². The van der Waals surface area contributed by atoms with E-state index in [1.54, 1.807) is 0 Å². The second kappa shape index (κ2) is 7.82. The average Bonchev–Trinajstić information content (AvgIpc) is 2.72. The molecule has 2 aliphatic rings. The first-order chi connectivity index (χ1) is 13.2. The third kappa shape index (κ3) is 3.68. The van der Waals surface area contributed by atoms with E-state index in [1.165, 1.54) is 6.42 Å². The van der Waals surface area contributed by atoms with E-state index < -0.39 is 5.92 Å². The molecule has 1 fully saturated rings. The van der Waals surface area contributed by atoms with E-state index in [9.17, 15) is 9.59 Å². The summed E-state index contributed by atoms with van der Waals surface area (Å²) < 4.78 is 5.94. The SMILES string of the molecule is O=C(NCCC(=O)N1CCCCC1)C1c2ccccc2Oc2ccccc21. The predicted molar refractivity (Wildman–Crippen MR) is 103 cm³/mol. The average molecular weight is 364 g/mol. The minimum atomic E-state index is -0.420. The number of amides is 2. The lowest BCUT2D eigenvalue weighted by Gasteiger charge is -2.28. The third-order valence-electron chi connectivity index (χ3n) is 5.29. The van der Waals surface area contributed by atoms with Gasteiger partial charge in [0.05, 0.1) is 5.92 Å². The maximum absolute atomic E-state index is 13.0. The number of rotatable bonds is 4. The van der Waals surface area contributed by atoms with Crippen LogP contribution in [0.3, 0.4) is 0 Å². The van der Waals surface area contributed by atoms with Crippen LogP contribution < -0.4 is 10.1 Å². The molecule has 0 unspecified atom stereocenters. The van der Waals surface area contributed by atoms with Gasteiger partial charge in [0.1, 0.15) is 11.5 Å². The highest BCUT2D eigenvalue weighted by atomic mass is 16.5. The molecule has 4 rings (SSSR count). The van der Waals surface area contributed by atoms with Gasteiger partial charge in [-0.3, -0.25) is 9.59 Å². The molecule has 0 aromatic heterocycles. The molecule has 0 radical (unpaired) electrons. The summed E-state index contributed by atoms with van der Waals surface area (Å²) >= 11 is 0. The van der Waals surface area contributed by atoms with Crippen molar-refractivity contribution in [3.05, 3.63) is 59.7 Å². The second-order valence-electron chi connectivity index (χ2n) is 7.09. The van der Waals surface area contributed by atoms with Gasteiger partial charge in [0.15, 0.2) is 0 Å². The molecule has 2 aromatic rings. The van der Waals surface area contributed by atoms with Crippen LogP contribution in [0.2, 0.25) is 0 Å². The Morgan fingerprint density at radius 3 is 2.15 bits per heavy atom. The number of carbonyl (C=O) groups excluding carboxylic acids is 2. The van der Waals surface area contributed by atoms with E-state index >= 15 is 0 Å². The van der Waals surface area contributed by atoms with Crippen LogP contribution in [0.1, 0.15) is 42.7 Å². The zero-order valence-electron chi connectivity index (χ0n) is 15.3. The van der Waals surface area contributed by atoms with Crippen molar-refractivity contribution in [1.29, 1.82) is 0 Å². The molecular formula is C22H24N2O3. The number of nitrogens with one attached hydrogen (secondary N) is 1. The minimum absolute atomic E-state index is 0.0929. The Morgan fingerprint density at radius 2 is 1.52 bits per heavy atom. The number of para-hydroxylation sites is 2. The first-order valence-corrected chi connectivity index (χ1v) is 9.65. The van der Waals surface area contributed by atoms with Crippen LogP contribution in [-0.2, 0) is 9.59 Å². The van der Waals surface area contributed by atoms with Gasteiger partial charge in [-0.2, -0.15) is 0 Å². The lowest BCUT2D eigenvalue weighted by molar-refractivity contribution is -0.132. The first kappa shape index (κ1) is 17.6. The van der Waals surface area contributed by atoms with Crippen LogP contribution >= 0.6 is 0 Å². The van der Waals surface area contributed by atoms with Gasteiger partial charge in [0.2, 0.25) is 11.8 Å². The van der Waals surface area contributed by atoms with E-state index in [0.717, 1.165) is 37.1 Å². The van der Waals surface area contributed by atoms with Crippen molar-refractivity contribution in [1.82, 2.24) is 10.2 Å². The summed E-state index contributed by atoms with van der Waals surface area (Å²) in [5, 5.41) is 2.96. The monoisotopic (exact) mass is 364 g/mol. The van der Waals surface area contributed by atoms with E-state index in [2.05, 4.69) is 5.32 Å². The van der Waals surface area contributed by atoms with Gasteiger partial charge in [0, 0.05) is 37.2 Å². The fourth-order valence-electron chi connectivity index (χ4n) is 3.89. The highest BCUT2D eigenvalue weighted by Crippen LogP contribution is 2.43. The molecule has 5 nitrogen and oxygen atoms in total. The number of likely N-dealkylation sites (tertiary alicyclic amines) is 1. The fraction of sp³-hybridized carbons (Fsp3) is 0.364. The lowest BCUT2D eigenvalue weighted by atomic mass is 9.87. The van der Waals surface area contributed by atoms with Gasteiger partial charge < -0.3 is 15.0 Å². The lowest BCUT2D eigenvalue weighted by Crippen LogP contribution is -2.39. The maximum atomic E-state index is 13.0. The molecule has 0 aliphatic carbocycles. The Kier molecular flexibility index (Phi) is 5.10. The van der Waals surface area contributed by atoms with Crippen molar-refractivity contribution >= 4 is 11.8 Å². The van der Waals surface area contributed by atoms with Gasteiger partial charge >= 0.3 is 0 Å². The Labute approximate surface area is 159 Å². The maximum Gasteiger partial charge on any atom is 0.232 e. The van der Waals surface area contributed by atoms with Crippen LogP contribution in [0, 0.1) is 0 Å². The standard InChI is InChI=1S/C22H24N2O3/c25-20(24-14-6-1-7-15-24)12-13-23-22(26)21-16-8-2-4-10-18(16)27-19-11-5-3-9-17(19)21/h2-5,8-11,21H,1,6-7,12-15H2,(H,23,26). The van der Waals surface area contributed by atoms with Crippen molar-refractivity contribution in [3.8, 4) is 11.5 Å². The molecule has 0 atom stereocenters. The topological polar surface area (TPSA) is 58.6 Å². The first-order valence-electron chi connectivity index (χ1n) is 9.65. The molecule has 0 bridgehead atoms. The van der Waals surface area contributed by atoms with Crippen molar-refractivity contribution in [2.75, 3.05) is 19.6 Å². The molecule has 2 aromatic carbocycles. The minimum Gasteiger partial charge on any atom is -0.457 e. The van der Waals surface area contributed by atoms with E-state index in [0.29, 0.717) is 24.5 Å². The molecule has 1 N–H and O–H groups in total. The number of fused-ring (bicyclic) bond motifs is 2. The largest absolute Gasteiger partial charge is 0.457 e. The number of carbonyl (C=O) groups is 2. The molecule has 2 amide bonds. The zero-order valence-corrected chi connectivity index (χ0v) is 15.3. The predicted octanol–water partition coefficient (Wildman–Crippen LogP) is 3.44. The summed E-state index contributed by atoms with van der Waals surface area (Å²) in [6, 6.07) is 15.2. The van der Waals surface area contributed by atoms with Crippen LogP contribution in [0.4, 0.5) is 0 Å². The molecule has 0 saturated carbocycles. The highest BCUT2D eigenvalue weighted by molar-refractivity contribution is 5.90. The number of ether oxygens (including phenoxy) is 1. The van der Waals surface area contributed by atoms with Crippen molar-refractivity contribution in [3.63, 3.8) is 0 Å². The normalized spacial score (nSPS) is 16.1. The van der Waals surface area contributed by atoms with Gasteiger partial charge in [-0.1, -0.05) is 36.4 Å². The number of piperidine rings is 1. The number of hydrogen-bond donors (Lipinski definition) is 1. The molecule has 0 spiro atoms. The summed E-state index contributed by atoms with van der Waals surface area (Å²) in [5.41, 5.74) is 1.71. The molecular weight excluding hydrogens is 340 g/mol. The Morgan fingerprint density at radius 1 is 0.926 bits per heavy atom. The fourth-order valence-corrected chi connectivity index (χ4v) is 3.89. The molecule has 2 heterocycles. The van der Waals surface area contributed by atoms with Crippen molar-refractivity contribution in [2.24, 2.45) is 0 Å². The molecule has 5 heteroatoms. The molecule has 140 valence electrons. The summed E-state index contributed by atoms with van der Waals surface area (Å²) in [4.78, 5) is 27.2. The van der Waals surface area contributed by atoms with Gasteiger partial charge in [-0.25, -0.2) is 0 Å². The number of benzene rings is 2. The molecule has 27 heavy (non-hydrogen) atoms. The summed E-state index contributed by atoms with van der Waals surface area (Å²) in [5.74, 6) is 1.03. The smallest absolute Gasteiger partial charge is 0.232 e.